The maximum atomic E-state index is 12.4. The van der Waals surface area contributed by atoms with E-state index in [1.54, 1.807) is 0 Å². The molecule has 1 fully saturated rings. The second-order valence-corrected chi connectivity index (χ2v) is 7.34. The molecule has 1 saturated heterocycles. The van der Waals surface area contributed by atoms with Gasteiger partial charge in [0, 0.05) is 33.7 Å². The summed E-state index contributed by atoms with van der Waals surface area (Å²) in [5.74, 6) is 0.696. The van der Waals surface area contributed by atoms with Crippen molar-refractivity contribution in [3.63, 3.8) is 0 Å². The van der Waals surface area contributed by atoms with Crippen LogP contribution in [0.2, 0.25) is 0 Å². The van der Waals surface area contributed by atoms with Gasteiger partial charge in [0.2, 0.25) is 5.96 Å². The van der Waals surface area contributed by atoms with Gasteiger partial charge in [0.1, 0.15) is 5.54 Å². The summed E-state index contributed by atoms with van der Waals surface area (Å²) >= 11 is 0. The molecule has 4 rings (SSSR count). The smallest absolute Gasteiger partial charge is 0.254 e. The highest BCUT2D eigenvalue weighted by atomic mass is 16.2. The number of aryl methyl sites for hydroxylation is 1. The van der Waals surface area contributed by atoms with E-state index in [4.69, 9.17) is 4.98 Å². The highest BCUT2D eigenvalue weighted by Gasteiger charge is 2.46. The molecule has 1 aromatic heterocycles. The van der Waals surface area contributed by atoms with Crippen LogP contribution in [0.3, 0.4) is 0 Å². The second-order valence-electron chi connectivity index (χ2n) is 7.34. The van der Waals surface area contributed by atoms with Crippen LogP contribution in [-0.2, 0) is 11.3 Å². The fourth-order valence-corrected chi connectivity index (χ4v) is 3.62. The van der Waals surface area contributed by atoms with Gasteiger partial charge in [-0.25, -0.2) is 15.0 Å². The molecule has 1 spiro atoms. The number of piperidine rings is 1. The van der Waals surface area contributed by atoms with E-state index in [-0.39, 0.29) is 5.91 Å². The number of nitrogens with one attached hydrogen (secondary N) is 1. The first-order chi connectivity index (χ1) is 12.5. The zero-order valence-electron chi connectivity index (χ0n) is 15.5. The predicted octanol–water partition coefficient (Wildman–Crippen LogP) is 1.32. The average Bonchev–Trinajstić information content (AvgIpc) is 2.94. The molecule has 2 aliphatic heterocycles. The molecule has 3 heterocycles. The SMILES string of the molecule is Cc1nc2ccccc2nc1CN1CCC2(CC1)N=C(N(C)C)NC2=O. The Kier molecular flexibility index (Phi) is 4.11. The van der Waals surface area contributed by atoms with Gasteiger partial charge in [-0.2, -0.15) is 0 Å². The van der Waals surface area contributed by atoms with E-state index in [1.807, 2.05) is 50.2 Å². The van der Waals surface area contributed by atoms with Crippen molar-refractivity contribution in [2.24, 2.45) is 4.99 Å². The summed E-state index contributed by atoms with van der Waals surface area (Å²) in [6.45, 7) is 4.42. The number of likely N-dealkylation sites (tertiary alicyclic amines) is 1. The summed E-state index contributed by atoms with van der Waals surface area (Å²) in [5.41, 5.74) is 3.24. The van der Waals surface area contributed by atoms with Crippen molar-refractivity contribution in [1.29, 1.82) is 0 Å². The number of benzene rings is 1. The van der Waals surface area contributed by atoms with E-state index in [0.29, 0.717) is 5.96 Å². The van der Waals surface area contributed by atoms with Gasteiger partial charge in [-0.15, -0.1) is 0 Å². The topological polar surface area (TPSA) is 73.7 Å². The Labute approximate surface area is 153 Å². The lowest BCUT2D eigenvalue weighted by Crippen LogP contribution is -2.49. The van der Waals surface area contributed by atoms with Crippen LogP contribution >= 0.6 is 0 Å². The lowest BCUT2D eigenvalue weighted by Gasteiger charge is -2.35. The van der Waals surface area contributed by atoms with E-state index in [1.165, 1.54) is 0 Å². The number of aliphatic imine (C=N–C) groups is 1. The van der Waals surface area contributed by atoms with Gasteiger partial charge in [0.15, 0.2) is 0 Å². The molecule has 1 aromatic carbocycles. The molecule has 0 saturated carbocycles. The monoisotopic (exact) mass is 352 g/mol. The second kappa shape index (κ2) is 6.32. The molecule has 2 aromatic rings. The molecule has 1 amide bonds. The van der Waals surface area contributed by atoms with Crippen molar-refractivity contribution in [3.05, 3.63) is 35.7 Å². The molecular formula is C19H24N6O. The van der Waals surface area contributed by atoms with Crippen molar-refractivity contribution in [2.45, 2.75) is 31.8 Å². The molecule has 1 N–H and O–H groups in total. The first kappa shape index (κ1) is 16.9. The Morgan fingerprint density at radius 1 is 1.15 bits per heavy atom. The van der Waals surface area contributed by atoms with Crippen LogP contribution in [0.25, 0.3) is 11.0 Å². The Hall–Kier alpha value is -2.54. The van der Waals surface area contributed by atoms with Crippen LogP contribution in [-0.4, -0.2) is 64.4 Å². The third kappa shape index (κ3) is 2.92. The molecule has 136 valence electrons. The number of aromatic nitrogens is 2. The van der Waals surface area contributed by atoms with Crippen molar-refractivity contribution < 1.29 is 4.79 Å². The van der Waals surface area contributed by atoms with Gasteiger partial charge in [-0.3, -0.25) is 15.0 Å². The van der Waals surface area contributed by atoms with Crippen LogP contribution in [0.1, 0.15) is 24.2 Å². The number of hydrogen-bond donors (Lipinski definition) is 1. The largest absolute Gasteiger partial charge is 0.349 e. The Bertz CT molecular complexity index is 883. The molecule has 0 unspecified atom stereocenters. The third-order valence-electron chi connectivity index (χ3n) is 5.29. The van der Waals surface area contributed by atoms with Crippen LogP contribution < -0.4 is 5.32 Å². The first-order valence-corrected chi connectivity index (χ1v) is 9.00. The number of guanidine groups is 1. The number of para-hydroxylation sites is 2. The molecule has 7 nitrogen and oxygen atoms in total. The normalized spacial score (nSPS) is 19.7. The molecule has 2 aliphatic rings. The molecule has 0 aliphatic carbocycles. The number of carbonyl (C=O) groups excluding carboxylic acids is 1. The number of fused-ring (bicyclic) bond motifs is 1. The number of nitrogens with zero attached hydrogens (tertiary/aromatic N) is 5. The summed E-state index contributed by atoms with van der Waals surface area (Å²) in [6.07, 6.45) is 1.46. The lowest BCUT2D eigenvalue weighted by atomic mass is 9.88. The number of hydrogen-bond acceptors (Lipinski definition) is 6. The summed E-state index contributed by atoms with van der Waals surface area (Å²) < 4.78 is 0. The van der Waals surface area contributed by atoms with Gasteiger partial charge in [-0.05, 0) is 31.9 Å². The fraction of sp³-hybridized carbons (Fsp3) is 0.474. The van der Waals surface area contributed by atoms with Crippen LogP contribution in [0, 0.1) is 6.92 Å². The maximum Gasteiger partial charge on any atom is 0.254 e. The van der Waals surface area contributed by atoms with E-state index in [0.717, 1.165) is 54.9 Å². The highest BCUT2D eigenvalue weighted by molar-refractivity contribution is 6.07. The predicted molar refractivity (Wildman–Crippen MR) is 101 cm³/mol. The fourth-order valence-electron chi connectivity index (χ4n) is 3.62. The van der Waals surface area contributed by atoms with Crippen LogP contribution in [0.5, 0.6) is 0 Å². The quantitative estimate of drug-likeness (QED) is 0.882. The van der Waals surface area contributed by atoms with Gasteiger partial charge in [0.05, 0.1) is 22.4 Å². The lowest BCUT2D eigenvalue weighted by molar-refractivity contribution is -0.125. The van der Waals surface area contributed by atoms with Crippen molar-refractivity contribution >= 4 is 22.9 Å². The minimum atomic E-state index is -0.597. The zero-order valence-corrected chi connectivity index (χ0v) is 15.5. The Balaban J connectivity index is 1.48. The standard InChI is InChI=1S/C19H24N6O/c1-13-16(21-15-7-5-4-6-14(15)20-13)12-25-10-8-19(9-11-25)17(26)22-18(23-19)24(2)3/h4-7H,8-12H2,1-3H3,(H,22,23,26). The number of amides is 1. The van der Waals surface area contributed by atoms with Crippen LogP contribution in [0.4, 0.5) is 0 Å². The molecule has 0 radical (unpaired) electrons. The minimum Gasteiger partial charge on any atom is -0.349 e. The number of carbonyl (C=O) groups is 1. The summed E-state index contributed by atoms with van der Waals surface area (Å²) in [5, 5.41) is 2.90. The molecule has 0 atom stereocenters. The first-order valence-electron chi connectivity index (χ1n) is 9.00. The van der Waals surface area contributed by atoms with E-state index < -0.39 is 5.54 Å². The molecular weight excluding hydrogens is 328 g/mol. The van der Waals surface area contributed by atoms with E-state index in [9.17, 15) is 4.79 Å². The third-order valence-corrected chi connectivity index (χ3v) is 5.29. The van der Waals surface area contributed by atoms with Crippen molar-refractivity contribution in [1.82, 2.24) is 25.1 Å². The molecule has 26 heavy (non-hydrogen) atoms. The Morgan fingerprint density at radius 3 is 2.42 bits per heavy atom. The van der Waals surface area contributed by atoms with Gasteiger partial charge >= 0.3 is 0 Å². The summed E-state index contributed by atoms with van der Waals surface area (Å²) in [4.78, 5) is 30.8. The van der Waals surface area contributed by atoms with Gasteiger partial charge in [-0.1, -0.05) is 12.1 Å². The maximum absolute atomic E-state index is 12.4. The average molecular weight is 352 g/mol. The molecule has 7 heteroatoms. The van der Waals surface area contributed by atoms with Crippen LogP contribution in [0.15, 0.2) is 29.3 Å². The summed E-state index contributed by atoms with van der Waals surface area (Å²) in [6, 6.07) is 7.95. The van der Waals surface area contributed by atoms with Gasteiger partial charge < -0.3 is 4.90 Å². The van der Waals surface area contributed by atoms with E-state index >= 15 is 0 Å². The minimum absolute atomic E-state index is 0.0301. The Morgan fingerprint density at radius 2 is 1.81 bits per heavy atom. The zero-order chi connectivity index (χ0) is 18.3. The van der Waals surface area contributed by atoms with E-state index in [2.05, 4.69) is 20.2 Å². The van der Waals surface area contributed by atoms with Crippen molar-refractivity contribution in [2.75, 3.05) is 27.2 Å². The van der Waals surface area contributed by atoms with Gasteiger partial charge in [0.25, 0.3) is 5.91 Å². The van der Waals surface area contributed by atoms with Crippen molar-refractivity contribution in [3.8, 4) is 0 Å². The molecule has 0 bridgehead atoms. The summed E-state index contributed by atoms with van der Waals surface area (Å²) in [7, 11) is 3.79. The highest BCUT2D eigenvalue weighted by Crippen LogP contribution is 2.31. The number of rotatable bonds is 2.